The highest BCUT2D eigenvalue weighted by molar-refractivity contribution is 7.13. The molecule has 0 bridgehead atoms. The lowest BCUT2D eigenvalue weighted by atomic mass is 9.91. The van der Waals surface area contributed by atoms with E-state index < -0.39 is 6.10 Å². The SMILES string of the molecule is CC(C)C(c1nc(-c2cncs2)no1)C(C)O. The summed E-state index contributed by atoms with van der Waals surface area (Å²) >= 11 is 1.46. The van der Waals surface area contributed by atoms with Gasteiger partial charge in [-0.25, -0.2) is 0 Å². The van der Waals surface area contributed by atoms with Gasteiger partial charge in [-0.2, -0.15) is 4.98 Å². The Morgan fingerprint density at radius 1 is 1.35 bits per heavy atom. The lowest BCUT2D eigenvalue weighted by Crippen LogP contribution is -2.20. The van der Waals surface area contributed by atoms with Crippen molar-refractivity contribution >= 4 is 11.3 Å². The average molecular weight is 253 g/mol. The van der Waals surface area contributed by atoms with E-state index in [4.69, 9.17) is 4.52 Å². The van der Waals surface area contributed by atoms with Crippen LogP contribution in [0.15, 0.2) is 16.2 Å². The average Bonchev–Trinajstić information content (AvgIpc) is 2.83. The van der Waals surface area contributed by atoms with Crippen LogP contribution < -0.4 is 0 Å². The topological polar surface area (TPSA) is 72.0 Å². The highest BCUT2D eigenvalue weighted by Gasteiger charge is 2.27. The number of aliphatic hydroxyl groups excluding tert-OH is 1. The summed E-state index contributed by atoms with van der Waals surface area (Å²) in [6, 6.07) is 0. The minimum absolute atomic E-state index is 0.135. The van der Waals surface area contributed by atoms with Crippen molar-refractivity contribution in [2.75, 3.05) is 0 Å². The number of hydrogen-bond acceptors (Lipinski definition) is 6. The molecule has 0 aliphatic carbocycles. The van der Waals surface area contributed by atoms with E-state index in [0.29, 0.717) is 11.7 Å². The van der Waals surface area contributed by atoms with Crippen molar-refractivity contribution in [3.05, 3.63) is 17.6 Å². The van der Waals surface area contributed by atoms with Crippen molar-refractivity contribution in [2.45, 2.75) is 32.8 Å². The van der Waals surface area contributed by atoms with Gasteiger partial charge in [-0.15, -0.1) is 11.3 Å². The molecular formula is C11H15N3O2S. The minimum atomic E-state index is -0.509. The van der Waals surface area contributed by atoms with Crippen LogP contribution in [-0.2, 0) is 0 Å². The molecule has 2 rings (SSSR count). The van der Waals surface area contributed by atoms with Gasteiger partial charge in [0.05, 0.1) is 22.4 Å². The lowest BCUT2D eigenvalue weighted by molar-refractivity contribution is 0.120. The first-order chi connectivity index (χ1) is 8.09. The first kappa shape index (κ1) is 12.2. The summed E-state index contributed by atoms with van der Waals surface area (Å²) < 4.78 is 5.23. The first-order valence-corrected chi connectivity index (χ1v) is 6.38. The molecule has 2 atom stereocenters. The molecule has 2 aromatic heterocycles. The van der Waals surface area contributed by atoms with Crippen LogP contribution in [0.25, 0.3) is 10.7 Å². The van der Waals surface area contributed by atoms with Gasteiger partial charge in [-0.3, -0.25) is 4.98 Å². The largest absolute Gasteiger partial charge is 0.393 e. The molecule has 5 nitrogen and oxygen atoms in total. The van der Waals surface area contributed by atoms with Crippen molar-refractivity contribution in [2.24, 2.45) is 5.92 Å². The van der Waals surface area contributed by atoms with E-state index in [9.17, 15) is 5.11 Å². The van der Waals surface area contributed by atoms with Crippen molar-refractivity contribution in [3.63, 3.8) is 0 Å². The van der Waals surface area contributed by atoms with Crippen LogP contribution in [-0.4, -0.2) is 26.3 Å². The fraction of sp³-hybridized carbons (Fsp3) is 0.545. The molecule has 92 valence electrons. The summed E-state index contributed by atoms with van der Waals surface area (Å²) in [5, 5.41) is 13.7. The van der Waals surface area contributed by atoms with Gasteiger partial charge in [0.1, 0.15) is 0 Å². The summed E-state index contributed by atoms with van der Waals surface area (Å²) in [6.45, 7) is 5.78. The maximum Gasteiger partial charge on any atom is 0.232 e. The molecule has 0 amide bonds. The Morgan fingerprint density at radius 3 is 2.65 bits per heavy atom. The third-order valence-corrected chi connectivity index (χ3v) is 3.39. The molecule has 17 heavy (non-hydrogen) atoms. The number of rotatable bonds is 4. The maximum atomic E-state index is 9.74. The zero-order chi connectivity index (χ0) is 12.4. The van der Waals surface area contributed by atoms with Crippen LogP contribution in [0.3, 0.4) is 0 Å². The molecule has 2 heterocycles. The molecule has 0 aliphatic rings. The van der Waals surface area contributed by atoms with Crippen LogP contribution in [0.1, 0.15) is 32.6 Å². The second-order valence-corrected chi connectivity index (χ2v) is 5.22. The van der Waals surface area contributed by atoms with Gasteiger partial charge in [0.25, 0.3) is 0 Å². The molecule has 2 unspecified atom stereocenters. The molecular weight excluding hydrogens is 238 g/mol. The van der Waals surface area contributed by atoms with Crippen molar-refractivity contribution in [1.82, 2.24) is 15.1 Å². The monoisotopic (exact) mass is 253 g/mol. The number of nitrogens with zero attached hydrogens (tertiary/aromatic N) is 3. The fourth-order valence-electron chi connectivity index (χ4n) is 1.85. The van der Waals surface area contributed by atoms with Crippen LogP contribution in [0.4, 0.5) is 0 Å². The smallest absolute Gasteiger partial charge is 0.232 e. The van der Waals surface area contributed by atoms with Gasteiger partial charge in [-0.05, 0) is 12.8 Å². The second kappa shape index (κ2) is 4.93. The van der Waals surface area contributed by atoms with Crippen LogP contribution in [0.5, 0.6) is 0 Å². The maximum absolute atomic E-state index is 9.74. The molecule has 2 aromatic rings. The zero-order valence-corrected chi connectivity index (χ0v) is 10.8. The summed E-state index contributed by atoms with van der Waals surface area (Å²) in [6.07, 6.45) is 1.19. The highest BCUT2D eigenvalue weighted by Crippen LogP contribution is 2.29. The van der Waals surface area contributed by atoms with Crippen molar-refractivity contribution < 1.29 is 9.63 Å². The van der Waals surface area contributed by atoms with E-state index in [-0.39, 0.29) is 11.8 Å². The normalized spacial score (nSPS) is 15.1. The van der Waals surface area contributed by atoms with Crippen molar-refractivity contribution in [3.8, 4) is 10.7 Å². The van der Waals surface area contributed by atoms with E-state index in [1.807, 2.05) is 13.8 Å². The second-order valence-electron chi connectivity index (χ2n) is 4.33. The van der Waals surface area contributed by atoms with Gasteiger partial charge in [-0.1, -0.05) is 19.0 Å². The summed E-state index contributed by atoms with van der Waals surface area (Å²) in [7, 11) is 0. The third kappa shape index (κ3) is 2.53. The Bertz CT molecular complexity index is 457. The van der Waals surface area contributed by atoms with E-state index in [1.165, 1.54) is 11.3 Å². The Morgan fingerprint density at radius 2 is 2.12 bits per heavy atom. The number of thiazole rings is 1. The van der Waals surface area contributed by atoms with E-state index in [0.717, 1.165) is 4.88 Å². The van der Waals surface area contributed by atoms with Crippen LogP contribution in [0, 0.1) is 5.92 Å². The molecule has 0 fully saturated rings. The van der Waals surface area contributed by atoms with E-state index in [1.54, 1.807) is 18.6 Å². The van der Waals surface area contributed by atoms with Gasteiger partial charge >= 0.3 is 0 Å². The van der Waals surface area contributed by atoms with Gasteiger partial charge in [0.2, 0.25) is 11.7 Å². The molecule has 6 heteroatoms. The number of aliphatic hydroxyl groups is 1. The molecule has 0 saturated heterocycles. The Hall–Kier alpha value is -1.27. The van der Waals surface area contributed by atoms with Gasteiger partial charge in [0.15, 0.2) is 0 Å². The predicted molar refractivity (Wildman–Crippen MR) is 64.7 cm³/mol. The molecule has 0 saturated carbocycles. The third-order valence-electron chi connectivity index (χ3n) is 2.62. The summed E-state index contributed by atoms with van der Waals surface area (Å²) in [4.78, 5) is 9.17. The minimum Gasteiger partial charge on any atom is -0.393 e. The number of hydrogen-bond donors (Lipinski definition) is 1. The summed E-state index contributed by atoms with van der Waals surface area (Å²) in [5.74, 6) is 1.13. The lowest BCUT2D eigenvalue weighted by Gasteiger charge is -2.19. The van der Waals surface area contributed by atoms with E-state index >= 15 is 0 Å². The van der Waals surface area contributed by atoms with Crippen LogP contribution >= 0.6 is 11.3 Å². The fourth-order valence-corrected chi connectivity index (χ4v) is 2.39. The number of aromatic nitrogens is 3. The quantitative estimate of drug-likeness (QED) is 0.905. The van der Waals surface area contributed by atoms with Gasteiger partial charge in [0, 0.05) is 6.20 Å². The van der Waals surface area contributed by atoms with Crippen LogP contribution in [0.2, 0.25) is 0 Å². The van der Waals surface area contributed by atoms with E-state index in [2.05, 4.69) is 15.1 Å². The molecule has 1 N–H and O–H groups in total. The highest BCUT2D eigenvalue weighted by atomic mass is 32.1. The standard InChI is InChI=1S/C11H15N3O2S/c1-6(2)9(7(3)15)11-13-10(14-16-11)8-4-12-5-17-8/h4-7,9,15H,1-3H3. The first-order valence-electron chi connectivity index (χ1n) is 5.50. The summed E-state index contributed by atoms with van der Waals surface area (Å²) in [5.41, 5.74) is 1.72. The molecule has 0 aromatic carbocycles. The molecule has 0 radical (unpaired) electrons. The Kier molecular flexibility index (Phi) is 3.54. The molecule has 0 aliphatic heterocycles. The predicted octanol–water partition coefficient (Wildman–Crippen LogP) is 2.31. The van der Waals surface area contributed by atoms with Gasteiger partial charge < -0.3 is 9.63 Å². The molecule has 0 spiro atoms. The zero-order valence-electron chi connectivity index (χ0n) is 9.99. The van der Waals surface area contributed by atoms with Crippen molar-refractivity contribution in [1.29, 1.82) is 0 Å². The Labute approximate surface area is 104 Å². The Balaban J connectivity index is 2.28.